The number of aromatic nitrogens is 2. The van der Waals surface area contributed by atoms with Crippen molar-refractivity contribution in [2.45, 2.75) is 31.5 Å². The van der Waals surface area contributed by atoms with E-state index >= 15 is 0 Å². The highest BCUT2D eigenvalue weighted by Gasteiger charge is 2.35. The number of rotatable bonds is 4. The molecule has 8 heteroatoms. The lowest BCUT2D eigenvalue weighted by molar-refractivity contribution is 0.384. The third kappa shape index (κ3) is 2.85. The Morgan fingerprint density at radius 3 is 2.62 bits per heavy atom. The summed E-state index contributed by atoms with van der Waals surface area (Å²) in [5, 5.41) is 4.48. The minimum absolute atomic E-state index is 0.0134. The van der Waals surface area contributed by atoms with Crippen LogP contribution in [0.5, 0.6) is 0 Å². The molecule has 0 atom stereocenters. The first-order valence-corrected chi connectivity index (χ1v) is 9.09. The number of halogens is 1. The standard InChI is InChI=1S/C16H21FN4O2S/c1-11-5-6-12(7-14(11)17)24(22,23)21-8-13-15(9-19(2)3)18-20(4)16(13)10-21/h5-7H,8-10H2,1-4H3. The average molecular weight is 352 g/mol. The van der Waals surface area contributed by atoms with E-state index in [4.69, 9.17) is 0 Å². The van der Waals surface area contributed by atoms with E-state index in [1.54, 1.807) is 11.6 Å². The first kappa shape index (κ1) is 17.1. The monoisotopic (exact) mass is 352 g/mol. The van der Waals surface area contributed by atoms with Gasteiger partial charge in [-0.15, -0.1) is 0 Å². The maximum Gasteiger partial charge on any atom is 0.243 e. The second-order valence-corrected chi connectivity index (χ2v) is 8.36. The highest BCUT2D eigenvalue weighted by atomic mass is 32.2. The maximum absolute atomic E-state index is 13.8. The number of sulfonamides is 1. The number of hydrogen-bond donors (Lipinski definition) is 0. The van der Waals surface area contributed by atoms with Gasteiger partial charge in [0.25, 0.3) is 0 Å². The Hall–Kier alpha value is -1.77. The van der Waals surface area contributed by atoms with Gasteiger partial charge in [-0.05, 0) is 38.7 Å². The van der Waals surface area contributed by atoms with E-state index in [0.717, 1.165) is 23.0 Å². The number of nitrogens with zero attached hydrogens (tertiary/aromatic N) is 4. The Kier molecular flexibility index (Phi) is 4.23. The van der Waals surface area contributed by atoms with E-state index in [2.05, 4.69) is 5.10 Å². The van der Waals surface area contributed by atoms with E-state index in [0.29, 0.717) is 12.1 Å². The van der Waals surface area contributed by atoms with Crippen LogP contribution < -0.4 is 0 Å². The molecule has 0 spiro atoms. The Labute approximate surface area is 141 Å². The van der Waals surface area contributed by atoms with Gasteiger partial charge in [0.05, 0.1) is 22.8 Å². The first-order valence-electron chi connectivity index (χ1n) is 7.65. The molecule has 0 N–H and O–H groups in total. The number of aryl methyl sites for hydroxylation is 2. The zero-order valence-corrected chi connectivity index (χ0v) is 15.1. The molecule has 0 saturated heterocycles. The molecular formula is C16H21FN4O2S. The van der Waals surface area contributed by atoms with E-state index in [9.17, 15) is 12.8 Å². The summed E-state index contributed by atoms with van der Waals surface area (Å²) in [5.41, 5.74) is 3.15. The van der Waals surface area contributed by atoms with Crippen molar-refractivity contribution in [3.8, 4) is 0 Å². The average Bonchev–Trinajstić information content (AvgIpc) is 3.04. The molecule has 24 heavy (non-hydrogen) atoms. The zero-order chi connectivity index (χ0) is 17.6. The lowest BCUT2D eigenvalue weighted by atomic mass is 10.2. The van der Waals surface area contributed by atoms with Gasteiger partial charge in [0.1, 0.15) is 5.82 Å². The summed E-state index contributed by atoms with van der Waals surface area (Å²) < 4.78 is 42.5. The van der Waals surface area contributed by atoms with Gasteiger partial charge in [0.15, 0.2) is 0 Å². The third-order valence-corrected chi connectivity index (χ3v) is 6.05. The van der Waals surface area contributed by atoms with Crippen LogP contribution in [0.1, 0.15) is 22.5 Å². The molecule has 3 rings (SSSR count). The van der Waals surface area contributed by atoms with Crippen molar-refractivity contribution in [2.24, 2.45) is 7.05 Å². The van der Waals surface area contributed by atoms with Gasteiger partial charge in [0, 0.05) is 25.7 Å². The predicted molar refractivity (Wildman–Crippen MR) is 88.2 cm³/mol. The molecule has 0 radical (unpaired) electrons. The van der Waals surface area contributed by atoms with Gasteiger partial charge in [-0.3, -0.25) is 4.68 Å². The quantitative estimate of drug-likeness (QED) is 0.839. The fourth-order valence-corrected chi connectivity index (χ4v) is 4.30. The largest absolute Gasteiger partial charge is 0.303 e. The predicted octanol–water partition coefficient (Wildman–Crippen LogP) is 1.63. The fraction of sp³-hybridized carbons (Fsp3) is 0.438. The zero-order valence-electron chi connectivity index (χ0n) is 14.2. The van der Waals surface area contributed by atoms with E-state index in [1.807, 2.05) is 26.0 Å². The van der Waals surface area contributed by atoms with Gasteiger partial charge < -0.3 is 4.90 Å². The topological polar surface area (TPSA) is 58.4 Å². The fourth-order valence-electron chi connectivity index (χ4n) is 2.92. The van der Waals surface area contributed by atoms with Crippen molar-refractivity contribution in [3.63, 3.8) is 0 Å². The van der Waals surface area contributed by atoms with Gasteiger partial charge in [-0.2, -0.15) is 9.40 Å². The van der Waals surface area contributed by atoms with Crippen molar-refractivity contribution >= 4 is 10.0 Å². The first-order chi connectivity index (χ1) is 11.2. The molecule has 0 bridgehead atoms. The normalized spacial score (nSPS) is 15.2. The van der Waals surface area contributed by atoms with Crippen molar-refractivity contribution in [3.05, 3.63) is 46.5 Å². The summed E-state index contributed by atoms with van der Waals surface area (Å²) in [6.45, 7) is 2.78. The molecule has 0 amide bonds. The highest BCUT2D eigenvalue weighted by Crippen LogP contribution is 2.31. The minimum Gasteiger partial charge on any atom is -0.303 e. The number of benzene rings is 1. The van der Waals surface area contributed by atoms with Crippen molar-refractivity contribution in [2.75, 3.05) is 14.1 Å². The van der Waals surface area contributed by atoms with Crippen LogP contribution in [0.15, 0.2) is 23.1 Å². The maximum atomic E-state index is 13.8. The summed E-state index contributed by atoms with van der Waals surface area (Å²) in [7, 11) is 1.97. The molecule has 2 aromatic rings. The summed E-state index contributed by atoms with van der Waals surface area (Å²) in [6.07, 6.45) is 0. The van der Waals surface area contributed by atoms with Crippen LogP contribution in [0, 0.1) is 12.7 Å². The molecule has 2 heterocycles. The molecule has 0 saturated carbocycles. The van der Waals surface area contributed by atoms with Gasteiger partial charge in [-0.25, -0.2) is 12.8 Å². The Bertz CT molecular complexity index is 890. The van der Waals surface area contributed by atoms with Crippen LogP contribution in [0.2, 0.25) is 0 Å². The van der Waals surface area contributed by atoms with Crippen LogP contribution >= 0.6 is 0 Å². The van der Waals surface area contributed by atoms with Crippen molar-refractivity contribution in [1.82, 2.24) is 19.0 Å². The van der Waals surface area contributed by atoms with E-state index < -0.39 is 15.8 Å². The highest BCUT2D eigenvalue weighted by molar-refractivity contribution is 7.89. The summed E-state index contributed by atoms with van der Waals surface area (Å²) in [5.74, 6) is -0.511. The molecule has 1 aromatic heterocycles. The minimum atomic E-state index is -3.74. The van der Waals surface area contributed by atoms with Gasteiger partial charge in [0.2, 0.25) is 10.0 Å². The number of fused-ring (bicyclic) bond motifs is 1. The Balaban J connectivity index is 1.93. The van der Waals surface area contributed by atoms with Crippen molar-refractivity contribution < 1.29 is 12.8 Å². The van der Waals surface area contributed by atoms with Gasteiger partial charge >= 0.3 is 0 Å². The molecular weight excluding hydrogens is 331 g/mol. The van der Waals surface area contributed by atoms with E-state index in [-0.39, 0.29) is 18.0 Å². The van der Waals surface area contributed by atoms with Crippen LogP contribution in [-0.4, -0.2) is 41.5 Å². The number of hydrogen-bond acceptors (Lipinski definition) is 4. The smallest absolute Gasteiger partial charge is 0.243 e. The molecule has 0 unspecified atom stereocenters. The lowest BCUT2D eigenvalue weighted by Crippen LogP contribution is -2.27. The summed E-state index contributed by atoms with van der Waals surface area (Å²) in [4.78, 5) is 1.98. The van der Waals surface area contributed by atoms with Crippen LogP contribution in [-0.2, 0) is 36.7 Å². The van der Waals surface area contributed by atoms with Crippen LogP contribution in [0.25, 0.3) is 0 Å². The van der Waals surface area contributed by atoms with Crippen LogP contribution in [0.4, 0.5) is 4.39 Å². The third-order valence-electron chi connectivity index (χ3n) is 4.27. The second-order valence-electron chi connectivity index (χ2n) is 6.42. The SMILES string of the molecule is Cc1ccc(S(=O)(=O)N2Cc3c(CN(C)C)nn(C)c3C2)cc1F. The lowest BCUT2D eigenvalue weighted by Gasteiger charge is -2.17. The molecule has 1 aromatic carbocycles. The van der Waals surface area contributed by atoms with E-state index in [1.165, 1.54) is 16.4 Å². The van der Waals surface area contributed by atoms with Crippen LogP contribution in [0.3, 0.4) is 0 Å². The van der Waals surface area contributed by atoms with Crippen molar-refractivity contribution in [1.29, 1.82) is 0 Å². The summed E-state index contributed by atoms with van der Waals surface area (Å²) >= 11 is 0. The van der Waals surface area contributed by atoms with Gasteiger partial charge in [-0.1, -0.05) is 6.07 Å². The molecule has 130 valence electrons. The summed E-state index contributed by atoms with van der Waals surface area (Å²) in [6, 6.07) is 4.03. The Morgan fingerprint density at radius 2 is 2.00 bits per heavy atom. The molecule has 1 aliphatic rings. The molecule has 0 aliphatic carbocycles. The molecule has 1 aliphatic heterocycles. The molecule has 6 nitrogen and oxygen atoms in total. The Morgan fingerprint density at radius 1 is 1.29 bits per heavy atom. The second kappa shape index (κ2) is 5.94. The molecule has 0 fully saturated rings.